The zero-order valence-electron chi connectivity index (χ0n) is 51.0. The molecule has 12 nitrogen and oxygen atoms in total. The van der Waals surface area contributed by atoms with Crippen molar-refractivity contribution >= 4 is 72.0 Å². The summed E-state index contributed by atoms with van der Waals surface area (Å²) in [5.74, 6) is 0.745. The monoisotopic (exact) mass is 1210 g/mol. The zero-order valence-corrected chi connectivity index (χ0v) is 52.5. The molecule has 85 heavy (non-hydrogen) atoms. The lowest BCUT2D eigenvalue weighted by molar-refractivity contribution is -0.156. The fourth-order valence-electron chi connectivity index (χ4n) is 10.8. The molecule has 448 valence electrons. The van der Waals surface area contributed by atoms with Gasteiger partial charge in [-0.3, -0.25) is 9.59 Å². The maximum absolute atomic E-state index is 12.0. The maximum Gasteiger partial charge on any atom is 0.306 e. The summed E-state index contributed by atoms with van der Waals surface area (Å²) in [6, 6.07) is 50.1. The first-order valence-electron chi connectivity index (χ1n) is 30.3. The van der Waals surface area contributed by atoms with Crippen LogP contribution in [0.2, 0.25) is 0 Å². The Hall–Kier alpha value is -7.32. The number of hydrogen-bond donors (Lipinski definition) is 1. The Kier molecular flexibility index (Phi) is 23.0. The maximum atomic E-state index is 12.0. The number of halogens is 1. The number of aromatic hydroxyl groups is 1. The molecular weight excluding hydrogens is 1130 g/mol. The van der Waals surface area contributed by atoms with Crippen LogP contribution in [0.4, 0.5) is 0 Å². The van der Waals surface area contributed by atoms with E-state index in [0.29, 0.717) is 25.9 Å². The summed E-state index contributed by atoms with van der Waals surface area (Å²) >= 11 is 3.25. The lowest BCUT2D eigenvalue weighted by Crippen LogP contribution is -2.23. The molecule has 0 radical (unpaired) electrons. The molecule has 2 saturated heterocycles. The predicted octanol–water partition coefficient (Wildman–Crippen LogP) is 17.9. The van der Waals surface area contributed by atoms with Gasteiger partial charge in [0.05, 0.1) is 30.0 Å². The fourth-order valence-corrected chi connectivity index (χ4v) is 11.1. The number of phenolic OH excluding ortho intramolecular Hbond substituents is 1. The molecule has 8 aromatic rings. The number of aromatic nitrogens is 4. The van der Waals surface area contributed by atoms with Crippen molar-refractivity contribution in [2.75, 3.05) is 25.2 Å². The van der Waals surface area contributed by atoms with Crippen LogP contribution in [0.3, 0.4) is 0 Å². The highest BCUT2D eigenvalue weighted by molar-refractivity contribution is 9.09. The number of carbonyl (C=O) groups is 2. The third-order valence-corrected chi connectivity index (χ3v) is 15.2. The van der Waals surface area contributed by atoms with E-state index >= 15 is 0 Å². The predicted molar refractivity (Wildman–Crippen MR) is 346 cm³/mol. The van der Waals surface area contributed by atoms with Crippen LogP contribution in [0.5, 0.6) is 11.5 Å². The quantitative estimate of drug-likeness (QED) is 0.0383. The number of allylic oxidation sites excluding steroid dienone is 2. The highest BCUT2D eigenvalue weighted by Gasteiger charge is 2.23. The second-order valence-electron chi connectivity index (χ2n) is 23.5. The minimum absolute atomic E-state index is 0.00399. The molecule has 0 amide bonds. The molecular formula is C72H85BrN4O8. The highest BCUT2D eigenvalue weighted by Crippen LogP contribution is 2.39. The van der Waals surface area contributed by atoms with Gasteiger partial charge in [-0.1, -0.05) is 127 Å². The van der Waals surface area contributed by atoms with Gasteiger partial charge in [0.25, 0.3) is 0 Å². The molecule has 4 heterocycles. The molecule has 2 atom stereocenters. The molecule has 2 aromatic heterocycles. The van der Waals surface area contributed by atoms with Gasteiger partial charge < -0.3 is 28.8 Å². The van der Waals surface area contributed by atoms with Crippen molar-refractivity contribution < 1.29 is 38.4 Å². The van der Waals surface area contributed by atoms with E-state index in [1.165, 1.54) is 39.8 Å². The van der Waals surface area contributed by atoms with Crippen LogP contribution < -0.4 is 4.74 Å². The van der Waals surface area contributed by atoms with Crippen molar-refractivity contribution in [3.63, 3.8) is 0 Å². The number of alkyl halides is 1. The lowest BCUT2D eigenvalue weighted by atomic mass is 9.88. The lowest BCUT2D eigenvalue weighted by Gasteiger charge is -2.23. The van der Waals surface area contributed by atoms with Crippen LogP contribution in [0.1, 0.15) is 178 Å². The number of esters is 2. The Bertz CT molecular complexity index is 3470. The van der Waals surface area contributed by atoms with Gasteiger partial charge in [-0.2, -0.15) is 10.2 Å². The smallest absolute Gasteiger partial charge is 0.306 e. The summed E-state index contributed by atoms with van der Waals surface area (Å²) in [5, 5.41) is 22.3. The van der Waals surface area contributed by atoms with Crippen LogP contribution >= 0.6 is 15.9 Å². The third-order valence-electron chi connectivity index (χ3n) is 14.6. The number of ether oxygens (including phenoxy) is 5. The standard InChI is InChI=1S/C36H42N2O4.C28H28N2O2.C8H15BrO2/c1-5-31(26-12-7-6-8-13-26)35(27-16-19-30(20-17-27)40-23-11-15-34(39)42-36(2,3)4)28-18-21-32-29(24-28)25-37-38(32)33-14-9-10-22-41-33;1-2-25(20-8-4-3-5-9-20)28(21-11-14-24(31)15-12-21)22-13-16-26-23(18-22)19-29-30(26)27-10-6-7-17-32-27;1-8(2,3)11-7(10)5-4-6-9/h6-8,12-13,16-21,24-25,33H,5,9-11,14-15,22-23H2,1-4H3;3-5,8-9,11-16,18-19,27,31H,2,6-7,10,17H2,1H3;4-6H2,1-3H3. The minimum Gasteiger partial charge on any atom is -0.508 e. The van der Waals surface area contributed by atoms with E-state index in [9.17, 15) is 14.7 Å². The average molecular weight is 1210 g/mol. The van der Waals surface area contributed by atoms with Crippen LogP contribution in [-0.4, -0.2) is 73.0 Å². The topological polar surface area (TPSA) is 136 Å². The molecule has 13 heteroatoms. The molecule has 6 aromatic carbocycles. The molecule has 0 bridgehead atoms. The Labute approximate surface area is 511 Å². The Morgan fingerprint density at radius 3 is 1.38 bits per heavy atom. The molecule has 2 aliphatic rings. The molecule has 0 aliphatic carbocycles. The largest absolute Gasteiger partial charge is 0.508 e. The summed E-state index contributed by atoms with van der Waals surface area (Å²) in [5.41, 5.74) is 13.3. The van der Waals surface area contributed by atoms with E-state index < -0.39 is 5.60 Å². The van der Waals surface area contributed by atoms with Gasteiger partial charge in [-0.25, -0.2) is 9.36 Å². The highest BCUT2D eigenvalue weighted by atomic mass is 79.9. The number of phenols is 1. The molecule has 0 saturated carbocycles. The molecule has 2 aliphatic heterocycles. The number of rotatable bonds is 18. The van der Waals surface area contributed by atoms with Crippen molar-refractivity contribution in [2.24, 2.45) is 0 Å². The van der Waals surface area contributed by atoms with E-state index in [-0.39, 0.29) is 35.7 Å². The Morgan fingerprint density at radius 1 is 0.553 bits per heavy atom. The summed E-state index contributed by atoms with van der Waals surface area (Å²) < 4.78 is 32.5. The van der Waals surface area contributed by atoms with Gasteiger partial charge in [0.2, 0.25) is 0 Å². The first-order valence-corrected chi connectivity index (χ1v) is 31.4. The summed E-state index contributed by atoms with van der Waals surface area (Å²) in [7, 11) is 0. The number of hydrogen-bond acceptors (Lipinski definition) is 10. The van der Waals surface area contributed by atoms with Crippen molar-refractivity contribution in [1.29, 1.82) is 0 Å². The number of fused-ring (bicyclic) bond motifs is 2. The Morgan fingerprint density at radius 2 is 0.976 bits per heavy atom. The second kappa shape index (κ2) is 30.7. The first kappa shape index (κ1) is 63.7. The summed E-state index contributed by atoms with van der Waals surface area (Å²) in [4.78, 5) is 23.0. The normalized spacial score (nSPS) is 16.0. The molecule has 10 rings (SSSR count). The number of nitrogens with zero attached hydrogens (tertiary/aromatic N) is 4. The number of carbonyl (C=O) groups excluding carboxylic acids is 2. The average Bonchev–Trinajstić information content (AvgIpc) is 3.25. The van der Waals surface area contributed by atoms with Crippen LogP contribution in [-0.2, 0) is 28.5 Å². The van der Waals surface area contributed by atoms with Crippen LogP contribution in [0.25, 0.3) is 44.1 Å². The fraction of sp³-hybridized carbons (Fsp3) is 0.389. The third kappa shape index (κ3) is 18.1. The minimum atomic E-state index is -0.467. The molecule has 2 fully saturated rings. The van der Waals surface area contributed by atoms with Gasteiger partial charge in [0, 0.05) is 42.2 Å². The molecule has 0 spiro atoms. The van der Waals surface area contributed by atoms with Gasteiger partial charge >= 0.3 is 11.9 Å². The van der Waals surface area contributed by atoms with Crippen molar-refractivity contribution in [1.82, 2.24) is 19.6 Å². The van der Waals surface area contributed by atoms with E-state index in [4.69, 9.17) is 28.8 Å². The Balaban J connectivity index is 0.000000193. The summed E-state index contributed by atoms with van der Waals surface area (Å²) in [6.45, 7) is 17.7. The molecule has 2 unspecified atom stereocenters. The van der Waals surface area contributed by atoms with E-state index in [2.05, 4.69) is 138 Å². The van der Waals surface area contributed by atoms with Gasteiger partial charge in [-0.05, 0) is 210 Å². The van der Waals surface area contributed by atoms with Crippen LogP contribution in [0.15, 0.2) is 158 Å². The van der Waals surface area contributed by atoms with E-state index in [1.54, 1.807) is 12.1 Å². The van der Waals surface area contributed by atoms with Crippen LogP contribution in [0, 0.1) is 0 Å². The SMILES string of the molecule is CC(C)(C)OC(=O)CCCBr.CCC(=C(c1ccc(O)cc1)c1ccc2c(cnn2C2CCCCO2)c1)c1ccccc1.CCC(=C(c1ccc(OCCCC(=O)OC(C)(C)C)cc1)c1ccc2c(cnn2C2CCCCO2)c1)c1ccccc1. The zero-order chi connectivity index (χ0) is 60.3. The van der Waals surface area contributed by atoms with E-state index in [1.807, 2.05) is 93.6 Å². The second-order valence-corrected chi connectivity index (χ2v) is 24.3. The van der Waals surface area contributed by atoms with Crippen molar-refractivity contribution in [3.05, 3.63) is 191 Å². The first-order chi connectivity index (χ1) is 41.0. The van der Waals surface area contributed by atoms with Crippen molar-refractivity contribution in [2.45, 2.75) is 156 Å². The molecule has 1 N–H and O–H groups in total. The van der Waals surface area contributed by atoms with Crippen molar-refractivity contribution in [3.8, 4) is 11.5 Å². The van der Waals surface area contributed by atoms with Gasteiger partial charge in [-0.15, -0.1) is 0 Å². The van der Waals surface area contributed by atoms with Gasteiger partial charge in [0.15, 0.2) is 12.5 Å². The summed E-state index contributed by atoms with van der Waals surface area (Å²) in [6.07, 6.45) is 14.6. The van der Waals surface area contributed by atoms with Gasteiger partial charge in [0.1, 0.15) is 22.7 Å². The van der Waals surface area contributed by atoms with E-state index in [0.717, 1.165) is 120 Å². The number of benzene rings is 6.